The zero-order valence-corrected chi connectivity index (χ0v) is 41.5. The number of methoxy groups -OCH3 is 1. The van der Waals surface area contributed by atoms with Gasteiger partial charge in [-0.25, -0.2) is 4.98 Å². The van der Waals surface area contributed by atoms with Crippen molar-refractivity contribution in [2.45, 2.75) is 125 Å². The van der Waals surface area contributed by atoms with E-state index in [0.717, 1.165) is 114 Å². The first kappa shape index (κ1) is 48.9. The van der Waals surface area contributed by atoms with E-state index in [-0.39, 0.29) is 36.7 Å². The molecule has 3 aromatic rings. The van der Waals surface area contributed by atoms with Crippen LogP contribution >= 0.6 is 0 Å². The SMILES string of the molecule is COC(=O)C1(NCCN2CCC(CN3CCC(c4ccc5c(c4)CN(C4CCC(=O)NC4=O)C5=O)CC3)CC2)CCN(Cc2ccc(CNc3nc4c(c(NC5(CO)CCC5)n3)[S@+]([O-])CC4)cc2)CC1. The minimum atomic E-state index is -1.14. The molecule has 70 heavy (non-hydrogen) atoms. The molecule has 18 heteroatoms. The van der Waals surface area contributed by atoms with Gasteiger partial charge in [-0.05, 0) is 142 Å². The number of aryl methyl sites for hydroxylation is 1. The number of piperidine rings is 4. The normalized spacial score (nSPS) is 24.2. The number of fused-ring (bicyclic) bond motifs is 2. The third kappa shape index (κ3) is 10.6. The Labute approximate surface area is 414 Å². The van der Waals surface area contributed by atoms with Crippen molar-refractivity contribution in [1.82, 2.24) is 40.2 Å². The number of esters is 1. The third-order valence-electron chi connectivity index (χ3n) is 16.6. The van der Waals surface area contributed by atoms with Crippen LogP contribution in [0, 0.1) is 5.92 Å². The minimum Gasteiger partial charge on any atom is -0.611 e. The van der Waals surface area contributed by atoms with E-state index in [1.165, 1.54) is 31.1 Å². The number of likely N-dealkylation sites (tertiary alicyclic amines) is 3. The van der Waals surface area contributed by atoms with Crippen molar-refractivity contribution in [3.63, 3.8) is 0 Å². The Balaban J connectivity index is 0.629. The van der Waals surface area contributed by atoms with Gasteiger partial charge in [-0.15, -0.1) is 0 Å². The molecule has 1 aromatic heterocycles. The second kappa shape index (κ2) is 21.2. The molecule has 0 spiro atoms. The quantitative estimate of drug-likeness (QED) is 0.0746. The molecule has 1 aliphatic carbocycles. The monoisotopic (exact) mass is 979 g/mol. The van der Waals surface area contributed by atoms with E-state index >= 15 is 0 Å². The summed E-state index contributed by atoms with van der Waals surface area (Å²) in [7, 11) is 1.49. The summed E-state index contributed by atoms with van der Waals surface area (Å²) in [6, 6.07) is 14.2. The van der Waals surface area contributed by atoms with E-state index in [9.17, 15) is 28.8 Å². The third-order valence-corrected chi connectivity index (χ3v) is 18.0. The lowest BCUT2D eigenvalue weighted by molar-refractivity contribution is -0.151. The molecule has 5 N–H and O–H groups in total. The van der Waals surface area contributed by atoms with Gasteiger partial charge < -0.3 is 45.0 Å². The van der Waals surface area contributed by atoms with Crippen LogP contribution in [0.25, 0.3) is 0 Å². The van der Waals surface area contributed by atoms with Crippen LogP contribution in [-0.2, 0) is 56.4 Å². The van der Waals surface area contributed by atoms with Gasteiger partial charge in [0.2, 0.25) is 22.7 Å². The number of hydrogen-bond donors (Lipinski definition) is 5. The molecular formula is C52H70N10O7S. The van der Waals surface area contributed by atoms with Gasteiger partial charge in [0, 0.05) is 70.8 Å². The number of carbonyl (C=O) groups excluding carboxylic acids is 4. The molecule has 10 rings (SSSR count). The Kier molecular flexibility index (Phi) is 14.8. The lowest BCUT2D eigenvalue weighted by Gasteiger charge is -2.41. The minimum absolute atomic E-state index is 0.0188. The van der Waals surface area contributed by atoms with E-state index in [4.69, 9.17) is 14.7 Å². The van der Waals surface area contributed by atoms with Crippen LogP contribution in [-0.4, -0.2) is 158 Å². The Hall–Kier alpha value is -4.69. The van der Waals surface area contributed by atoms with Gasteiger partial charge in [0.05, 0.1) is 19.3 Å². The van der Waals surface area contributed by atoms with Gasteiger partial charge >= 0.3 is 5.97 Å². The van der Waals surface area contributed by atoms with Crippen LogP contribution in [0.2, 0.25) is 0 Å². The number of carbonyl (C=O) groups is 4. The maximum Gasteiger partial charge on any atom is 0.326 e. The molecular weight excluding hydrogens is 909 g/mol. The van der Waals surface area contributed by atoms with Crippen molar-refractivity contribution >= 4 is 46.6 Å². The maximum absolute atomic E-state index is 13.3. The number of aliphatic hydroxyl groups excluding tert-OH is 1. The largest absolute Gasteiger partial charge is 0.611 e. The number of aromatic nitrogens is 2. The fraction of sp³-hybridized carbons (Fsp3) is 0.615. The van der Waals surface area contributed by atoms with Crippen molar-refractivity contribution in [1.29, 1.82) is 0 Å². The molecule has 5 fully saturated rings. The molecule has 4 saturated heterocycles. The second-order valence-electron chi connectivity index (χ2n) is 21.0. The van der Waals surface area contributed by atoms with Gasteiger partial charge in [0.15, 0.2) is 5.82 Å². The van der Waals surface area contributed by atoms with Crippen LogP contribution in [0.15, 0.2) is 47.4 Å². The number of benzene rings is 2. The molecule has 3 amide bonds. The van der Waals surface area contributed by atoms with Gasteiger partial charge in [-0.3, -0.25) is 29.4 Å². The fourth-order valence-corrected chi connectivity index (χ4v) is 13.3. The molecule has 7 heterocycles. The summed E-state index contributed by atoms with van der Waals surface area (Å²) >= 11 is -1.14. The van der Waals surface area contributed by atoms with Gasteiger partial charge in [0.1, 0.15) is 23.0 Å². The Morgan fingerprint density at radius 2 is 1.64 bits per heavy atom. The molecule has 0 bridgehead atoms. The fourth-order valence-electron chi connectivity index (χ4n) is 12.0. The molecule has 7 aliphatic rings. The number of nitrogens with one attached hydrogen (secondary N) is 4. The van der Waals surface area contributed by atoms with Gasteiger partial charge in [0.25, 0.3) is 5.91 Å². The van der Waals surface area contributed by atoms with Crippen LogP contribution in [0.1, 0.15) is 115 Å². The van der Waals surface area contributed by atoms with Crippen molar-refractivity contribution < 1.29 is 33.6 Å². The van der Waals surface area contributed by atoms with Crippen molar-refractivity contribution in [3.8, 4) is 0 Å². The number of aliphatic hydroxyl groups is 1. The van der Waals surface area contributed by atoms with Crippen molar-refractivity contribution in [2.75, 3.05) is 89.0 Å². The number of amides is 3. The Morgan fingerprint density at radius 3 is 2.34 bits per heavy atom. The van der Waals surface area contributed by atoms with Crippen LogP contribution in [0.5, 0.6) is 0 Å². The Morgan fingerprint density at radius 1 is 0.900 bits per heavy atom. The number of rotatable bonds is 17. The van der Waals surface area contributed by atoms with Crippen LogP contribution < -0.4 is 21.3 Å². The van der Waals surface area contributed by atoms with E-state index < -0.39 is 28.3 Å². The first-order valence-electron chi connectivity index (χ1n) is 25.8. The first-order valence-corrected chi connectivity index (χ1v) is 27.1. The van der Waals surface area contributed by atoms with Gasteiger partial charge in [-0.2, -0.15) is 4.98 Å². The van der Waals surface area contributed by atoms with Gasteiger partial charge in [-0.1, -0.05) is 36.4 Å². The molecule has 0 radical (unpaired) electrons. The zero-order valence-electron chi connectivity index (χ0n) is 40.6. The summed E-state index contributed by atoms with van der Waals surface area (Å²) in [5, 5.41) is 22.9. The molecule has 2 atom stereocenters. The molecule has 1 saturated carbocycles. The summed E-state index contributed by atoms with van der Waals surface area (Å²) in [5.74, 6) is 1.82. The maximum atomic E-state index is 13.3. The predicted octanol–water partition coefficient (Wildman–Crippen LogP) is 3.53. The summed E-state index contributed by atoms with van der Waals surface area (Å²) in [6.07, 6.45) is 9.98. The van der Waals surface area contributed by atoms with Crippen molar-refractivity contribution in [3.05, 3.63) is 76.0 Å². The molecule has 1 unspecified atom stereocenters. The highest BCUT2D eigenvalue weighted by molar-refractivity contribution is 7.91. The highest BCUT2D eigenvalue weighted by Crippen LogP contribution is 2.39. The molecule has 6 aliphatic heterocycles. The standard InChI is InChI=1S/C52H70N10O7S/c1-69-49(67)52(18-25-61(26-19-52)31-36-5-3-35(4-6-36)30-53-50-55-42-15-28-70(68)45(42)46(57-50)58-51(34-63)16-2-17-51)54-20-27-59-21-11-37(12-22-59)32-60-23-13-38(14-24-60)39-7-8-41-40(29-39)33-62(48(41)66)43-9-10-44(64)56-47(43)65/h3-8,29,37-38,43,54,63H,2,9-28,30-34H2,1H3,(H,56,64,65)(H2,53,55,57,58)/t43?,70-/m1/s1. The lowest BCUT2D eigenvalue weighted by Crippen LogP contribution is -2.60. The van der Waals surface area contributed by atoms with E-state index in [0.29, 0.717) is 78.6 Å². The topological polar surface area (TPSA) is 208 Å². The zero-order chi connectivity index (χ0) is 48.4. The lowest BCUT2D eigenvalue weighted by atomic mass is 9.77. The number of nitrogens with zero attached hydrogens (tertiary/aromatic N) is 6. The number of ether oxygens (including phenoxy) is 1. The highest BCUT2D eigenvalue weighted by Gasteiger charge is 2.44. The predicted molar refractivity (Wildman–Crippen MR) is 265 cm³/mol. The number of imide groups is 1. The number of anilines is 2. The molecule has 376 valence electrons. The Bertz CT molecular complexity index is 2390. The molecule has 17 nitrogen and oxygen atoms in total. The van der Waals surface area contributed by atoms with Crippen LogP contribution in [0.3, 0.4) is 0 Å². The second-order valence-corrected chi connectivity index (χ2v) is 22.5. The first-order chi connectivity index (χ1) is 34.0. The summed E-state index contributed by atoms with van der Waals surface area (Å²) in [5.41, 5.74) is 4.98. The average molecular weight is 979 g/mol. The molecule has 2 aromatic carbocycles. The average Bonchev–Trinajstić information content (AvgIpc) is 3.91. The summed E-state index contributed by atoms with van der Waals surface area (Å²) in [4.78, 5) is 70.0. The van der Waals surface area contributed by atoms with Crippen molar-refractivity contribution in [2.24, 2.45) is 5.92 Å². The smallest absolute Gasteiger partial charge is 0.326 e. The van der Waals surface area contributed by atoms with E-state index in [2.05, 4.69) is 72.4 Å². The van der Waals surface area contributed by atoms with E-state index in [1.54, 1.807) is 4.90 Å². The van der Waals surface area contributed by atoms with Crippen LogP contribution in [0.4, 0.5) is 11.8 Å². The summed E-state index contributed by atoms with van der Waals surface area (Å²) in [6.45, 7) is 10.4. The summed E-state index contributed by atoms with van der Waals surface area (Å²) < 4.78 is 18.2. The number of hydrogen-bond acceptors (Lipinski definition) is 15. The highest BCUT2D eigenvalue weighted by atomic mass is 32.2. The van der Waals surface area contributed by atoms with E-state index in [1.807, 2.05) is 6.07 Å².